The molecule has 192 valence electrons. The number of benzene rings is 1. The largest absolute Gasteiger partial charge is 0.495 e. The lowest BCUT2D eigenvalue weighted by Gasteiger charge is -2.32. The third-order valence-corrected chi connectivity index (χ3v) is 6.44. The predicted molar refractivity (Wildman–Crippen MR) is 131 cm³/mol. The van der Waals surface area contributed by atoms with Crippen molar-refractivity contribution in [3.05, 3.63) is 47.2 Å². The molecule has 0 radical (unpaired) electrons. The van der Waals surface area contributed by atoms with Crippen LogP contribution in [-0.4, -0.2) is 60.4 Å². The van der Waals surface area contributed by atoms with Gasteiger partial charge in [-0.25, -0.2) is 9.37 Å². The first-order valence-electron chi connectivity index (χ1n) is 11.2. The van der Waals surface area contributed by atoms with Gasteiger partial charge in [0.05, 0.1) is 49.5 Å². The van der Waals surface area contributed by atoms with Crippen molar-refractivity contribution in [2.75, 3.05) is 32.8 Å². The summed E-state index contributed by atoms with van der Waals surface area (Å²) in [6.07, 6.45) is 3.32. The Bertz CT molecular complexity index is 1270. The number of aromatic nitrogens is 3. The Balaban J connectivity index is 1.66. The maximum Gasteiger partial charge on any atom is 0.243 e. The standard InChI is InChI=1S/C24H27ClFN5O5/c1-6-17(32)28-12-7-8-35-11-13(12)29-23-27-10-16-21(31-23)30-22(36-16)24(2,3)18-19(25)14(33-4)9-15(34-5)20(18)26/h6,9-10,12-13H,1,7-8,11H2,2-5H3,(H,28,32)(H,27,29,31). The van der Waals surface area contributed by atoms with Crippen LogP contribution in [0.25, 0.3) is 11.2 Å². The van der Waals surface area contributed by atoms with Crippen LogP contribution in [0, 0.1) is 5.82 Å². The molecule has 10 nitrogen and oxygen atoms in total. The predicted octanol–water partition coefficient (Wildman–Crippen LogP) is 3.63. The van der Waals surface area contributed by atoms with Crippen LogP contribution in [0.3, 0.4) is 0 Å². The van der Waals surface area contributed by atoms with Gasteiger partial charge in [0.2, 0.25) is 23.4 Å². The van der Waals surface area contributed by atoms with Crippen LogP contribution in [0.5, 0.6) is 11.5 Å². The molecule has 12 heteroatoms. The number of oxazole rings is 1. The summed E-state index contributed by atoms with van der Waals surface area (Å²) in [6.45, 7) is 7.82. The zero-order chi connectivity index (χ0) is 26.0. The average molecular weight is 520 g/mol. The Kier molecular flexibility index (Phi) is 7.32. The first-order valence-corrected chi connectivity index (χ1v) is 11.6. The van der Waals surface area contributed by atoms with Gasteiger partial charge in [-0.1, -0.05) is 18.2 Å². The quantitative estimate of drug-likeness (QED) is 0.430. The van der Waals surface area contributed by atoms with Crippen molar-refractivity contribution < 1.29 is 27.8 Å². The fourth-order valence-electron chi connectivity index (χ4n) is 4.08. The number of carbonyl (C=O) groups excluding carboxylic acids is 1. The Labute approximate surface area is 212 Å². The number of nitrogens with zero attached hydrogens (tertiary/aromatic N) is 3. The zero-order valence-electron chi connectivity index (χ0n) is 20.4. The molecule has 1 aromatic carbocycles. The highest BCUT2D eigenvalue weighted by Crippen LogP contribution is 2.45. The van der Waals surface area contributed by atoms with Crippen LogP contribution in [0.1, 0.15) is 31.7 Å². The van der Waals surface area contributed by atoms with E-state index in [4.69, 9.17) is 30.2 Å². The normalized spacial score (nSPS) is 18.1. The second kappa shape index (κ2) is 10.3. The van der Waals surface area contributed by atoms with Crippen LogP contribution in [0.2, 0.25) is 5.02 Å². The summed E-state index contributed by atoms with van der Waals surface area (Å²) < 4.78 is 37.3. The molecule has 0 aliphatic carbocycles. The number of rotatable bonds is 8. The Morgan fingerprint density at radius 2 is 2.03 bits per heavy atom. The molecule has 1 fully saturated rings. The minimum absolute atomic E-state index is 0.0190. The number of hydrogen-bond donors (Lipinski definition) is 2. The number of amides is 1. The molecule has 2 aromatic heterocycles. The van der Waals surface area contributed by atoms with Crippen LogP contribution < -0.4 is 20.1 Å². The van der Waals surface area contributed by atoms with Crippen molar-refractivity contribution in [3.8, 4) is 11.5 Å². The van der Waals surface area contributed by atoms with E-state index in [2.05, 4.69) is 32.2 Å². The van der Waals surface area contributed by atoms with Gasteiger partial charge in [0.25, 0.3) is 0 Å². The van der Waals surface area contributed by atoms with Gasteiger partial charge >= 0.3 is 0 Å². The molecule has 0 saturated carbocycles. The molecule has 3 heterocycles. The molecular formula is C24H27ClFN5O5. The molecule has 0 spiro atoms. The molecule has 1 amide bonds. The maximum atomic E-state index is 15.3. The number of hydrogen-bond acceptors (Lipinski definition) is 9. The summed E-state index contributed by atoms with van der Waals surface area (Å²) in [7, 11) is 2.79. The molecule has 0 bridgehead atoms. The van der Waals surface area contributed by atoms with Crippen molar-refractivity contribution in [3.63, 3.8) is 0 Å². The van der Waals surface area contributed by atoms with E-state index < -0.39 is 11.2 Å². The summed E-state index contributed by atoms with van der Waals surface area (Å²) in [5.41, 5.74) is -0.427. The molecule has 1 aliphatic rings. The third kappa shape index (κ3) is 4.80. The number of nitrogens with one attached hydrogen (secondary N) is 2. The molecule has 1 aliphatic heterocycles. The van der Waals surface area contributed by atoms with Gasteiger partial charge in [0, 0.05) is 18.2 Å². The van der Waals surface area contributed by atoms with E-state index in [-0.39, 0.29) is 57.6 Å². The highest BCUT2D eigenvalue weighted by atomic mass is 35.5. The van der Waals surface area contributed by atoms with Crippen molar-refractivity contribution in [1.82, 2.24) is 20.3 Å². The summed E-state index contributed by atoms with van der Waals surface area (Å²) in [5, 5.41) is 6.16. The molecule has 2 N–H and O–H groups in total. The van der Waals surface area contributed by atoms with Crippen LogP contribution in [0.4, 0.5) is 10.3 Å². The lowest BCUT2D eigenvalue weighted by molar-refractivity contribution is -0.117. The zero-order valence-corrected chi connectivity index (χ0v) is 21.1. The second-order valence-corrected chi connectivity index (χ2v) is 9.12. The molecule has 2 atom stereocenters. The van der Waals surface area contributed by atoms with Gasteiger partial charge in [-0.2, -0.15) is 9.97 Å². The van der Waals surface area contributed by atoms with Crippen LogP contribution in [-0.2, 0) is 14.9 Å². The molecule has 1 saturated heterocycles. The lowest BCUT2D eigenvalue weighted by atomic mass is 9.83. The van der Waals surface area contributed by atoms with Crippen LogP contribution in [0.15, 0.2) is 29.3 Å². The molecule has 36 heavy (non-hydrogen) atoms. The van der Waals surface area contributed by atoms with Gasteiger partial charge in [-0.05, 0) is 26.3 Å². The molecule has 2 unspecified atom stereocenters. The van der Waals surface area contributed by atoms with Crippen molar-refractivity contribution in [1.29, 1.82) is 0 Å². The van der Waals surface area contributed by atoms with Gasteiger partial charge in [-0.15, -0.1) is 0 Å². The Morgan fingerprint density at radius 3 is 2.72 bits per heavy atom. The van der Waals surface area contributed by atoms with E-state index in [0.29, 0.717) is 25.2 Å². The van der Waals surface area contributed by atoms with E-state index in [0.717, 1.165) is 0 Å². The van der Waals surface area contributed by atoms with Gasteiger partial charge in [0.15, 0.2) is 17.1 Å². The highest BCUT2D eigenvalue weighted by Gasteiger charge is 2.37. The van der Waals surface area contributed by atoms with E-state index in [1.165, 1.54) is 32.6 Å². The SMILES string of the molecule is C=CC(=O)NC1CCOCC1Nc1ncc2oc(C(C)(C)c3c(F)c(OC)cc(OC)c3Cl)nc2n1. The fraction of sp³-hybridized carbons (Fsp3) is 0.417. The van der Waals surface area contributed by atoms with Gasteiger partial charge < -0.3 is 29.3 Å². The topological polar surface area (TPSA) is 121 Å². The van der Waals surface area contributed by atoms with E-state index in [1.54, 1.807) is 13.8 Å². The minimum Gasteiger partial charge on any atom is -0.495 e. The second-order valence-electron chi connectivity index (χ2n) is 8.74. The van der Waals surface area contributed by atoms with Crippen LogP contribution >= 0.6 is 11.6 Å². The molecular weight excluding hydrogens is 493 g/mol. The average Bonchev–Trinajstić information content (AvgIpc) is 3.30. The summed E-state index contributed by atoms with van der Waals surface area (Å²) >= 11 is 6.49. The Morgan fingerprint density at radius 1 is 1.28 bits per heavy atom. The van der Waals surface area contributed by atoms with E-state index in [9.17, 15) is 4.79 Å². The fourth-order valence-corrected chi connectivity index (χ4v) is 4.53. The van der Waals surface area contributed by atoms with E-state index >= 15 is 4.39 Å². The smallest absolute Gasteiger partial charge is 0.243 e. The van der Waals surface area contributed by atoms with Gasteiger partial charge in [0.1, 0.15) is 5.75 Å². The number of methoxy groups -OCH3 is 2. The van der Waals surface area contributed by atoms with Gasteiger partial charge in [-0.3, -0.25) is 4.79 Å². The highest BCUT2D eigenvalue weighted by molar-refractivity contribution is 6.33. The monoisotopic (exact) mass is 519 g/mol. The third-order valence-electron chi connectivity index (χ3n) is 6.07. The first-order chi connectivity index (χ1) is 17.2. The molecule has 4 rings (SSSR count). The molecule has 3 aromatic rings. The number of ether oxygens (including phenoxy) is 3. The van der Waals surface area contributed by atoms with Crippen molar-refractivity contribution in [2.45, 2.75) is 37.8 Å². The lowest BCUT2D eigenvalue weighted by Crippen LogP contribution is -2.52. The first kappa shape index (κ1) is 25.6. The maximum absolute atomic E-state index is 15.3. The number of anilines is 1. The summed E-state index contributed by atoms with van der Waals surface area (Å²) in [4.78, 5) is 25.1. The minimum atomic E-state index is -1.12. The number of fused-ring (bicyclic) bond motifs is 1. The Hall–Kier alpha value is -3.44. The van der Waals surface area contributed by atoms with Crippen molar-refractivity contribution >= 4 is 34.7 Å². The number of halogens is 2. The summed E-state index contributed by atoms with van der Waals surface area (Å²) in [5.74, 6) is -0.219. The number of carbonyl (C=O) groups is 1. The summed E-state index contributed by atoms with van der Waals surface area (Å²) in [6, 6.07) is 0.926. The van der Waals surface area contributed by atoms with Crippen molar-refractivity contribution in [2.24, 2.45) is 0 Å². The van der Waals surface area contributed by atoms with E-state index in [1.807, 2.05) is 0 Å².